The van der Waals surface area contributed by atoms with E-state index in [0.717, 1.165) is 12.8 Å². The summed E-state index contributed by atoms with van der Waals surface area (Å²) in [5, 5.41) is 13.5. The van der Waals surface area contributed by atoms with Crippen LogP contribution in [-0.4, -0.2) is 54.9 Å². The number of anilines is 1. The highest BCUT2D eigenvalue weighted by Gasteiger charge is 2.72. The molecular weight excluding hydrogens is 366 g/mol. The van der Waals surface area contributed by atoms with Gasteiger partial charge in [-0.3, -0.25) is 24.5 Å². The number of hydrogen-bond donors (Lipinski definition) is 3. The van der Waals surface area contributed by atoms with Crippen molar-refractivity contribution in [3.05, 3.63) is 16.7 Å². The number of rotatable bonds is 4. The Kier molecular flexibility index (Phi) is 3.57. The number of amides is 1. The summed E-state index contributed by atoms with van der Waals surface area (Å²) in [4.78, 5) is 35.4. The Morgan fingerprint density at radius 1 is 1.46 bits per heavy atom. The van der Waals surface area contributed by atoms with E-state index in [1.165, 1.54) is 6.33 Å². The Morgan fingerprint density at radius 3 is 2.89 bits per heavy atom. The van der Waals surface area contributed by atoms with Gasteiger partial charge in [-0.25, -0.2) is 4.98 Å². The monoisotopic (exact) mass is 389 g/mol. The molecule has 3 aliphatic rings. The van der Waals surface area contributed by atoms with Gasteiger partial charge in [0.15, 0.2) is 17.4 Å². The predicted octanol–water partition coefficient (Wildman–Crippen LogP) is 0.541. The van der Waals surface area contributed by atoms with Crippen molar-refractivity contribution in [3.63, 3.8) is 0 Å². The molecule has 4 heterocycles. The zero-order chi connectivity index (χ0) is 19.8. The molecule has 28 heavy (non-hydrogen) atoms. The maximum atomic E-state index is 12.4. The van der Waals surface area contributed by atoms with Crippen LogP contribution < -0.4 is 10.9 Å². The summed E-state index contributed by atoms with van der Waals surface area (Å²) in [6.45, 7) is 5.94. The van der Waals surface area contributed by atoms with Crippen molar-refractivity contribution >= 4 is 23.0 Å². The maximum Gasteiger partial charge on any atom is 0.280 e. The van der Waals surface area contributed by atoms with Crippen molar-refractivity contribution in [2.24, 2.45) is 11.3 Å². The lowest BCUT2D eigenvalue weighted by Crippen LogP contribution is -2.47. The summed E-state index contributed by atoms with van der Waals surface area (Å²) < 4.78 is 13.8. The molecule has 1 saturated carbocycles. The predicted molar refractivity (Wildman–Crippen MR) is 97.6 cm³/mol. The van der Waals surface area contributed by atoms with Crippen LogP contribution in [0.15, 0.2) is 11.1 Å². The first kappa shape index (κ1) is 17.8. The number of fused-ring (bicyclic) bond motifs is 3. The van der Waals surface area contributed by atoms with Crippen LogP contribution in [0.25, 0.3) is 11.2 Å². The summed E-state index contributed by atoms with van der Waals surface area (Å²) in [5.74, 6) is -0.474. The first-order valence-electron chi connectivity index (χ1n) is 9.51. The Morgan fingerprint density at radius 2 is 2.21 bits per heavy atom. The van der Waals surface area contributed by atoms with Crippen LogP contribution >= 0.6 is 0 Å². The molecule has 2 aromatic heterocycles. The summed E-state index contributed by atoms with van der Waals surface area (Å²) >= 11 is 0. The molecule has 1 aliphatic carbocycles. The highest BCUT2D eigenvalue weighted by atomic mass is 16.6. The number of aliphatic hydroxyl groups excluding tert-OH is 1. The first-order valence-corrected chi connectivity index (χ1v) is 9.51. The molecule has 150 valence electrons. The number of nitrogens with one attached hydrogen (secondary N) is 2. The number of H-pyrrole nitrogens is 1. The van der Waals surface area contributed by atoms with E-state index >= 15 is 0 Å². The van der Waals surface area contributed by atoms with Gasteiger partial charge in [-0.05, 0) is 12.8 Å². The van der Waals surface area contributed by atoms with Crippen LogP contribution in [0, 0.1) is 11.3 Å². The highest BCUT2D eigenvalue weighted by Crippen LogP contribution is 2.63. The van der Waals surface area contributed by atoms with Gasteiger partial charge >= 0.3 is 0 Å². The van der Waals surface area contributed by atoms with E-state index in [-0.39, 0.29) is 34.4 Å². The largest absolute Gasteiger partial charge is 0.387 e. The van der Waals surface area contributed by atoms with E-state index in [1.54, 1.807) is 18.4 Å². The number of imidazole rings is 1. The molecule has 5 rings (SSSR count). The summed E-state index contributed by atoms with van der Waals surface area (Å²) in [6, 6.07) is 0. The van der Waals surface area contributed by atoms with E-state index in [0.29, 0.717) is 6.61 Å². The second kappa shape index (κ2) is 5.62. The van der Waals surface area contributed by atoms with Gasteiger partial charge in [-0.1, -0.05) is 20.8 Å². The van der Waals surface area contributed by atoms with Crippen LogP contribution in [0.1, 0.15) is 39.8 Å². The molecule has 2 aliphatic heterocycles. The van der Waals surface area contributed by atoms with Gasteiger partial charge in [0.1, 0.15) is 17.8 Å². The summed E-state index contributed by atoms with van der Waals surface area (Å²) in [5.41, 5.74) is -0.929. The van der Waals surface area contributed by atoms with Gasteiger partial charge in [-0.15, -0.1) is 0 Å². The van der Waals surface area contributed by atoms with E-state index in [9.17, 15) is 14.7 Å². The van der Waals surface area contributed by atoms with Crippen molar-refractivity contribution < 1.29 is 19.4 Å². The smallest absolute Gasteiger partial charge is 0.280 e. The second-order valence-corrected chi connectivity index (χ2v) is 8.56. The maximum absolute atomic E-state index is 12.4. The molecule has 1 unspecified atom stereocenters. The number of hydrogen-bond acceptors (Lipinski definition) is 7. The second-order valence-electron chi connectivity index (χ2n) is 8.56. The van der Waals surface area contributed by atoms with Crippen molar-refractivity contribution in [2.45, 2.75) is 57.6 Å². The molecule has 2 aromatic rings. The summed E-state index contributed by atoms with van der Waals surface area (Å²) in [6.07, 6.45) is 1.44. The number of ether oxygens (including phenoxy) is 2. The van der Waals surface area contributed by atoms with Crippen molar-refractivity contribution in [2.75, 3.05) is 11.9 Å². The minimum Gasteiger partial charge on any atom is -0.387 e. The molecular formula is C18H23N5O5. The fraction of sp³-hybridized carbons (Fsp3) is 0.667. The lowest BCUT2D eigenvalue weighted by Gasteiger charge is -2.36. The standard InChI is InChI=1S/C18H23N5O5/c1-8(2)13(25)21-16-20-12-9(14(26)22-16)19-7-23(12)15-10-11(24)18(28-15,6-27-10)17(3)4-5-17/h7-8,10-11,15,24H,4-6H2,1-3H3,(H2,20,21,22,25,26)/t10-,11?,15+,18-/m0/s1. The molecule has 3 fully saturated rings. The molecule has 0 spiro atoms. The lowest BCUT2D eigenvalue weighted by molar-refractivity contribution is -0.196. The number of aromatic amines is 1. The van der Waals surface area contributed by atoms with E-state index in [2.05, 4.69) is 27.2 Å². The van der Waals surface area contributed by atoms with Gasteiger partial charge in [0, 0.05) is 11.3 Å². The van der Waals surface area contributed by atoms with E-state index in [1.807, 2.05) is 0 Å². The van der Waals surface area contributed by atoms with Crippen molar-refractivity contribution in [3.8, 4) is 0 Å². The minimum absolute atomic E-state index is 0.0476. The molecule has 0 aromatic carbocycles. The lowest BCUT2D eigenvalue weighted by atomic mass is 9.83. The first-order chi connectivity index (χ1) is 13.3. The van der Waals surface area contributed by atoms with Gasteiger partial charge in [-0.2, -0.15) is 4.98 Å². The number of nitrogens with zero attached hydrogens (tertiary/aromatic N) is 3. The number of carbonyl (C=O) groups excluding carboxylic acids is 1. The van der Waals surface area contributed by atoms with Gasteiger partial charge < -0.3 is 14.6 Å². The third-order valence-corrected chi connectivity index (χ3v) is 6.39. The molecule has 10 heteroatoms. The van der Waals surface area contributed by atoms with Crippen molar-refractivity contribution in [1.29, 1.82) is 0 Å². The van der Waals surface area contributed by atoms with Gasteiger partial charge in [0.05, 0.1) is 12.9 Å². The van der Waals surface area contributed by atoms with E-state index in [4.69, 9.17) is 9.47 Å². The molecule has 0 radical (unpaired) electrons. The van der Waals surface area contributed by atoms with Crippen LogP contribution in [0.5, 0.6) is 0 Å². The Balaban J connectivity index is 1.54. The third-order valence-electron chi connectivity index (χ3n) is 6.39. The number of aliphatic hydroxyl groups is 1. The molecule has 2 bridgehead atoms. The van der Waals surface area contributed by atoms with Crippen LogP contribution in [-0.2, 0) is 14.3 Å². The average Bonchev–Trinajstić information content (AvgIpc) is 3.02. The molecule has 3 N–H and O–H groups in total. The van der Waals surface area contributed by atoms with E-state index < -0.39 is 29.6 Å². The van der Waals surface area contributed by atoms with Crippen LogP contribution in [0.4, 0.5) is 5.95 Å². The molecule has 2 saturated heterocycles. The SMILES string of the molecule is CC(C)C(=O)Nc1nc2c(ncn2[C@@H]2O[C@@]3(C4(C)CC4)CO[C@H]2C3O)c(=O)[nH]1. The highest BCUT2D eigenvalue weighted by molar-refractivity contribution is 5.91. The molecule has 1 amide bonds. The van der Waals surface area contributed by atoms with Crippen LogP contribution in [0.2, 0.25) is 0 Å². The number of aromatic nitrogens is 4. The topological polar surface area (TPSA) is 131 Å². The Hall–Kier alpha value is -2.30. The Bertz CT molecular complexity index is 1030. The number of carbonyl (C=O) groups is 1. The summed E-state index contributed by atoms with van der Waals surface area (Å²) in [7, 11) is 0. The minimum atomic E-state index is -0.760. The molecule has 4 atom stereocenters. The fourth-order valence-corrected chi connectivity index (χ4v) is 4.22. The average molecular weight is 389 g/mol. The molecule has 10 nitrogen and oxygen atoms in total. The fourth-order valence-electron chi connectivity index (χ4n) is 4.22. The Labute approximate surface area is 160 Å². The zero-order valence-electron chi connectivity index (χ0n) is 15.9. The van der Waals surface area contributed by atoms with Gasteiger partial charge in [0.2, 0.25) is 11.9 Å². The normalized spacial score (nSPS) is 33.0. The van der Waals surface area contributed by atoms with Crippen molar-refractivity contribution in [1.82, 2.24) is 19.5 Å². The quantitative estimate of drug-likeness (QED) is 0.695. The zero-order valence-corrected chi connectivity index (χ0v) is 15.9. The van der Waals surface area contributed by atoms with Gasteiger partial charge in [0.25, 0.3) is 5.56 Å². The van der Waals surface area contributed by atoms with Crippen LogP contribution in [0.3, 0.4) is 0 Å². The third kappa shape index (κ3) is 2.25.